The third kappa shape index (κ3) is 2.40. The van der Waals surface area contributed by atoms with E-state index in [1.165, 1.54) is 13.8 Å². The molecular weight excluding hydrogens is 244 g/mol. The number of carbonyl (C=O) groups is 2. The summed E-state index contributed by atoms with van der Waals surface area (Å²) in [6, 6.07) is 7.17. The van der Waals surface area contributed by atoms with Crippen LogP contribution in [-0.2, 0) is 9.59 Å². The highest BCUT2D eigenvalue weighted by atomic mass is 16.4. The van der Waals surface area contributed by atoms with Crippen LogP contribution in [0.4, 0.5) is 5.69 Å². The van der Waals surface area contributed by atoms with Crippen LogP contribution in [0.5, 0.6) is 0 Å². The van der Waals surface area contributed by atoms with E-state index in [4.69, 9.17) is 5.11 Å². The Morgan fingerprint density at radius 3 is 2.68 bits per heavy atom. The number of rotatable bonds is 3. The topological polar surface area (TPSA) is 79.3 Å². The molecule has 2 aromatic rings. The van der Waals surface area contributed by atoms with Crippen molar-refractivity contribution in [3.05, 3.63) is 36.7 Å². The lowest BCUT2D eigenvalue weighted by Crippen LogP contribution is -2.37. The van der Waals surface area contributed by atoms with Gasteiger partial charge in [0.05, 0.1) is 0 Å². The van der Waals surface area contributed by atoms with E-state index in [1.54, 1.807) is 30.6 Å². The molecule has 0 bridgehead atoms. The smallest absolute Gasteiger partial charge is 0.318 e. The number of hydrogen-bond donors (Lipinski definition) is 2. The highest BCUT2D eigenvalue weighted by Gasteiger charge is 2.36. The number of carbonyl (C=O) groups excluding carboxylic acids is 1. The number of aliphatic carboxylic acids is 1. The molecular formula is C14H14N2O3. The molecule has 1 amide bonds. The molecule has 1 heterocycles. The first-order valence-corrected chi connectivity index (χ1v) is 5.80. The second-order valence-electron chi connectivity index (χ2n) is 4.79. The van der Waals surface area contributed by atoms with E-state index in [1.807, 2.05) is 6.07 Å². The molecule has 0 saturated carbocycles. The Labute approximate surface area is 110 Å². The van der Waals surface area contributed by atoms with E-state index in [0.29, 0.717) is 5.69 Å². The highest BCUT2D eigenvalue weighted by molar-refractivity contribution is 6.10. The molecule has 5 nitrogen and oxygen atoms in total. The fourth-order valence-corrected chi connectivity index (χ4v) is 1.61. The number of pyridine rings is 1. The number of carboxylic acid groups (broad SMARTS) is 1. The number of carboxylic acids is 1. The number of fused-ring (bicyclic) bond motifs is 1. The predicted molar refractivity (Wildman–Crippen MR) is 71.8 cm³/mol. The third-order valence-electron chi connectivity index (χ3n) is 3.03. The number of nitrogens with one attached hydrogen (secondary N) is 1. The van der Waals surface area contributed by atoms with Gasteiger partial charge in [-0.1, -0.05) is 12.1 Å². The van der Waals surface area contributed by atoms with Crippen LogP contribution in [0.3, 0.4) is 0 Å². The maximum absolute atomic E-state index is 12.0. The molecule has 0 aliphatic carbocycles. The van der Waals surface area contributed by atoms with Crippen molar-refractivity contribution in [3.8, 4) is 0 Å². The van der Waals surface area contributed by atoms with E-state index < -0.39 is 17.3 Å². The standard InChI is InChI=1S/C14H14N2O3/c1-14(2,13(18)19)12(17)16-11-5-3-4-9-8-15-7-6-10(9)11/h3-8H,1-2H3,(H,16,17)(H,18,19). The number of nitrogens with zero attached hydrogens (tertiary/aromatic N) is 1. The van der Waals surface area contributed by atoms with Crippen LogP contribution in [0.15, 0.2) is 36.7 Å². The molecule has 0 aliphatic heterocycles. The van der Waals surface area contributed by atoms with Crippen LogP contribution in [0.1, 0.15) is 13.8 Å². The molecule has 2 N–H and O–H groups in total. The molecule has 0 unspecified atom stereocenters. The van der Waals surface area contributed by atoms with Crippen molar-refractivity contribution in [3.63, 3.8) is 0 Å². The second kappa shape index (κ2) is 4.68. The monoisotopic (exact) mass is 258 g/mol. The summed E-state index contributed by atoms with van der Waals surface area (Å²) in [7, 11) is 0. The second-order valence-corrected chi connectivity index (χ2v) is 4.79. The molecule has 19 heavy (non-hydrogen) atoms. The molecule has 1 aromatic heterocycles. The number of aromatic nitrogens is 1. The van der Waals surface area contributed by atoms with Crippen LogP contribution in [0.25, 0.3) is 10.8 Å². The Kier molecular flexibility index (Phi) is 3.21. The summed E-state index contributed by atoms with van der Waals surface area (Å²) in [6.45, 7) is 2.74. The van der Waals surface area contributed by atoms with Gasteiger partial charge in [0.15, 0.2) is 0 Å². The van der Waals surface area contributed by atoms with Crippen molar-refractivity contribution >= 4 is 28.3 Å². The van der Waals surface area contributed by atoms with Crippen molar-refractivity contribution in [1.82, 2.24) is 4.98 Å². The van der Waals surface area contributed by atoms with Gasteiger partial charge in [-0.3, -0.25) is 14.6 Å². The SMILES string of the molecule is CC(C)(C(=O)O)C(=O)Nc1cccc2cnccc12. The highest BCUT2D eigenvalue weighted by Crippen LogP contribution is 2.25. The van der Waals surface area contributed by atoms with E-state index in [2.05, 4.69) is 10.3 Å². The number of anilines is 1. The molecule has 0 spiro atoms. The van der Waals surface area contributed by atoms with Gasteiger partial charge in [0.1, 0.15) is 5.41 Å². The summed E-state index contributed by atoms with van der Waals surface area (Å²) < 4.78 is 0. The zero-order chi connectivity index (χ0) is 14.0. The summed E-state index contributed by atoms with van der Waals surface area (Å²) in [5, 5.41) is 13.4. The van der Waals surface area contributed by atoms with Crippen LogP contribution in [0.2, 0.25) is 0 Å². The predicted octanol–water partition coefficient (Wildman–Crippen LogP) is 2.28. The van der Waals surface area contributed by atoms with Gasteiger partial charge in [0, 0.05) is 28.9 Å². The molecule has 0 aliphatic rings. The van der Waals surface area contributed by atoms with Gasteiger partial charge in [-0.15, -0.1) is 0 Å². The number of benzene rings is 1. The Morgan fingerprint density at radius 2 is 2.00 bits per heavy atom. The van der Waals surface area contributed by atoms with Gasteiger partial charge in [-0.05, 0) is 26.0 Å². The normalized spacial score (nSPS) is 11.3. The minimum Gasteiger partial charge on any atom is -0.480 e. The number of hydrogen-bond acceptors (Lipinski definition) is 3. The van der Waals surface area contributed by atoms with Crippen molar-refractivity contribution < 1.29 is 14.7 Å². The van der Waals surface area contributed by atoms with E-state index in [-0.39, 0.29) is 0 Å². The third-order valence-corrected chi connectivity index (χ3v) is 3.03. The molecule has 0 saturated heterocycles. The largest absolute Gasteiger partial charge is 0.480 e. The Morgan fingerprint density at radius 1 is 1.26 bits per heavy atom. The lowest BCUT2D eigenvalue weighted by atomic mass is 9.92. The maximum Gasteiger partial charge on any atom is 0.318 e. The van der Waals surface area contributed by atoms with Gasteiger partial charge in [0.2, 0.25) is 5.91 Å². The molecule has 5 heteroatoms. The van der Waals surface area contributed by atoms with E-state index in [0.717, 1.165) is 10.8 Å². The van der Waals surface area contributed by atoms with Crippen LogP contribution < -0.4 is 5.32 Å². The van der Waals surface area contributed by atoms with Gasteiger partial charge < -0.3 is 10.4 Å². The Bertz CT molecular complexity index is 645. The zero-order valence-corrected chi connectivity index (χ0v) is 10.7. The summed E-state index contributed by atoms with van der Waals surface area (Å²) in [5.41, 5.74) is -0.894. The molecule has 2 rings (SSSR count). The fourth-order valence-electron chi connectivity index (χ4n) is 1.61. The van der Waals surface area contributed by atoms with E-state index in [9.17, 15) is 9.59 Å². The summed E-state index contributed by atoms with van der Waals surface area (Å²) in [6.07, 6.45) is 3.31. The average Bonchev–Trinajstić information content (AvgIpc) is 2.39. The van der Waals surface area contributed by atoms with Gasteiger partial charge in [-0.25, -0.2) is 0 Å². The Hall–Kier alpha value is -2.43. The van der Waals surface area contributed by atoms with Gasteiger partial charge in [-0.2, -0.15) is 0 Å². The molecule has 0 radical (unpaired) electrons. The van der Waals surface area contributed by atoms with Gasteiger partial charge in [0.25, 0.3) is 0 Å². The van der Waals surface area contributed by atoms with Crippen LogP contribution in [-0.4, -0.2) is 22.0 Å². The lowest BCUT2D eigenvalue weighted by molar-refractivity contribution is -0.151. The number of amides is 1. The quantitative estimate of drug-likeness (QED) is 0.828. The zero-order valence-electron chi connectivity index (χ0n) is 10.7. The van der Waals surface area contributed by atoms with E-state index >= 15 is 0 Å². The van der Waals surface area contributed by atoms with Gasteiger partial charge >= 0.3 is 5.97 Å². The molecule has 0 atom stereocenters. The van der Waals surface area contributed by atoms with Crippen molar-refractivity contribution in [1.29, 1.82) is 0 Å². The lowest BCUT2D eigenvalue weighted by Gasteiger charge is -2.19. The summed E-state index contributed by atoms with van der Waals surface area (Å²) >= 11 is 0. The summed E-state index contributed by atoms with van der Waals surface area (Å²) in [5.74, 6) is -1.71. The van der Waals surface area contributed by atoms with Crippen molar-refractivity contribution in [2.45, 2.75) is 13.8 Å². The van der Waals surface area contributed by atoms with Crippen LogP contribution in [0, 0.1) is 5.41 Å². The first-order valence-electron chi connectivity index (χ1n) is 5.80. The molecule has 1 aromatic carbocycles. The average molecular weight is 258 g/mol. The minimum atomic E-state index is -1.48. The summed E-state index contributed by atoms with van der Waals surface area (Å²) in [4.78, 5) is 27.1. The van der Waals surface area contributed by atoms with Crippen molar-refractivity contribution in [2.75, 3.05) is 5.32 Å². The maximum atomic E-state index is 12.0. The Balaban J connectivity index is 2.37. The fraction of sp³-hybridized carbons (Fsp3) is 0.214. The molecule has 0 fully saturated rings. The first-order chi connectivity index (χ1) is 8.93. The first kappa shape index (κ1) is 13.0. The minimum absolute atomic E-state index is 0.552. The van der Waals surface area contributed by atoms with Crippen molar-refractivity contribution in [2.24, 2.45) is 5.41 Å². The van der Waals surface area contributed by atoms with Crippen LogP contribution >= 0.6 is 0 Å². The molecule has 98 valence electrons.